The van der Waals surface area contributed by atoms with E-state index in [9.17, 15) is 19.5 Å². The molecule has 4 rings (SSSR count). The van der Waals surface area contributed by atoms with Gasteiger partial charge in [-0.25, -0.2) is 9.59 Å². The number of alkyl carbamates (subject to hydrolysis) is 1. The Morgan fingerprint density at radius 3 is 2.37 bits per heavy atom. The van der Waals surface area contributed by atoms with E-state index < -0.39 is 24.0 Å². The third kappa shape index (κ3) is 5.08. The quantitative estimate of drug-likeness (QED) is 0.404. The number of benzene rings is 2. The van der Waals surface area contributed by atoms with Crippen LogP contribution in [0.15, 0.2) is 67.4 Å². The molecule has 1 unspecified atom stereocenters. The van der Waals surface area contributed by atoms with Crippen molar-refractivity contribution in [1.29, 1.82) is 0 Å². The van der Waals surface area contributed by atoms with E-state index in [-0.39, 0.29) is 30.3 Å². The first kappa shape index (κ1) is 23.7. The number of ether oxygens (including phenoxy) is 1. The van der Waals surface area contributed by atoms with E-state index in [1.54, 1.807) is 13.1 Å². The summed E-state index contributed by atoms with van der Waals surface area (Å²) in [5.74, 6) is -2.02. The number of anilines is 1. The van der Waals surface area contributed by atoms with E-state index in [1.165, 1.54) is 10.9 Å². The van der Waals surface area contributed by atoms with Crippen LogP contribution in [-0.4, -0.2) is 45.5 Å². The predicted molar refractivity (Wildman–Crippen MR) is 130 cm³/mol. The van der Waals surface area contributed by atoms with Crippen LogP contribution in [0.5, 0.6) is 0 Å². The number of aromatic carboxylic acids is 1. The van der Waals surface area contributed by atoms with Crippen molar-refractivity contribution in [2.24, 2.45) is 7.05 Å². The number of hydrogen-bond acceptors (Lipinski definition) is 5. The molecule has 1 atom stereocenters. The molecule has 0 saturated heterocycles. The summed E-state index contributed by atoms with van der Waals surface area (Å²) in [4.78, 5) is 37.0. The Morgan fingerprint density at radius 1 is 1.14 bits per heavy atom. The van der Waals surface area contributed by atoms with E-state index >= 15 is 0 Å². The first-order chi connectivity index (χ1) is 16.9. The van der Waals surface area contributed by atoms with Crippen LogP contribution < -0.4 is 10.6 Å². The van der Waals surface area contributed by atoms with E-state index in [0.717, 1.165) is 22.3 Å². The fraction of sp³-hybridized carbons (Fsp3) is 0.231. The highest BCUT2D eigenvalue weighted by atomic mass is 16.5. The molecular formula is C26H26N4O5. The van der Waals surface area contributed by atoms with Crippen molar-refractivity contribution >= 4 is 23.8 Å². The summed E-state index contributed by atoms with van der Waals surface area (Å²) in [7, 11) is 1.55. The third-order valence-electron chi connectivity index (χ3n) is 5.91. The number of fused-ring (bicyclic) bond motifs is 3. The van der Waals surface area contributed by atoms with Crippen LogP contribution in [0.3, 0.4) is 0 Å². The SMILES string of the molecule is C=CCCC(NC(=O)OCC1c2ccccc2-c2ccccc21)C(=O)Nc1nn(C)cc1C(=O)O. The number of rotatable bonds is 9. The number of allylic oxidation sites excluding steroid dienone is 1. The Bertz CT molecular complexity index is 1240. The number of nitrogens with one attached hydrogen (secondary N) is 2. The summed E-state index contributed by atoms with van der Waals surface area (Å²) in [6, 6.07) is 15.0. The molecule has 0 spiro atoms. The molecule has 3 aromatic rings. The second kappa shape index (κ2) is 10.3. The molecule has 1 aliphatic rings. The molecule has 0 aliphatic heterocycles. The lowest BCUT2D eigenvalue weighted by Gasteiger charge is -2.19. The van der Waals surface area contributed by atoms with Crippen molar-refractivity contribution in [2.75, 3.05) is 11.9 Å². The Kier molecular flexibility index (Phi) is 6.96. The summed E-state index contributed by atoms with van der Waals surface area (Å²) < 4.78 is 6.84. The minimum atomic E-state index is -1.22. The van der Waals surface area contributed by atoms with Gasteiger partial charge in [0, 0.05) is 19.2 Å². The molecule has 2 amide bonds. The normalized spacial score (nSPS) is 12.8. The van der Waals surface area contributed by atoms with E-state index in [4.69, 9.17) is 4.74 Å². The second-order valence-electron chi connectivity index (χ2n) is 8.25. The third-order valence-corrected chi connectivity index (χ3v) is 5.91. The fourth-order valence-electron chi connectivity index (χ4n) is 4.28. The van der Waals surface area contributed by atoms with Crippen LogP contribution in [0.25, 0.3) is 11.1 Å². The molecule has 0 saturated carbocycles. The van der Waals surface area contributed by atoms with E-state index in [0.29, 0.717) is 6.42 Å². The fourth-order valence-corrected chi connectivity index (χ4v) is 4.28. The maximum atomic E-state index is 12.9. The number of aromatic nitrogens is 2. The van der Waals surface area contributed by atoms with Gasteiger partial charge in [-0.3, -0.25) is 9.48 Å². The molecule has 0 radical (unpaired) electrons. The molecule has 2 aromatic carbocycles. The zero-order valence-corrected chi connectivity index (χ0v) is 19.2. The highest BCUT2D eigenvalue weighted by Crippen LogP contribution is 2.44. The molecule has 3 N–H and O–H groups in total. The Balaban J connectivity index is 1.43. The summed E-state index contributed by atoms with van der Waals surface area (Å²) in [6.45, 7) is 3.77. The lowest BCUT2D eigenvalue weighted by Crippen LogP contribution is -2.44. The van der Waals surface area contributed by atoms with Crippen LogP contribution in [-0.2, 0) is 16.6 Å². The molecule has 180 valence electrons. The highest BCUT2D eigenvalue weighted by molar-refractivity contribution is 6.01. The molecule has 1 aromatic heterocycles. The first-order valence-electron chi connectivity index (χ1n) is 11.2. The number of amides is 2. The summed E-state index contributed by atoms with van der Waals surface area (Å²) >= 11 is 0. The molecule has 0 bridgehead atoms. The van der Waals surface area contributed by atoms with Crippen LogP contribution in [0.2, 0.25) is 0 Å². The summed E-state index contributed by atoms with van der Waals surface area (Å²) in [5.41, 5.74) is 4.25. The number of carboxylic acids is 1. The number of aryl methyl sites for hydroxylation is 1. The van der Waals surface area contributed by atoms with Gasteiger partial charge in [-0.15, -0.1) is 6.58 Å². The average Bonchev–Trinajstić information content (AvgIpc) is 3.37. The van der Waals surface area contributed by atoms with Crippen molar-refractivity contribution in [3.8, 4) is 11.1 Å². The molecule has 9 heteroatoms. The number of carboxylic acid groups (broad SMARTS) is 1. The minimum absolute atomic E-state index is 0.0945. The molecular weight excluding hydrogens is 448 g/mol. The summed E-state index contributed by atoms with van der Waals surface area (Å²) in [5, 5.41) is 18.4. The second-order valence-corrected chi connectivity index (χ2v) is 8.25. The lowest BCUT2D eigenvalue weighted by molar-refractivity contribution is -0.118. The largest absolute Gasteiger partial charge is 0.477 e. The van der Waals surface area contributed by atoms with Gasteiger partial charge in [-0.1, -0.05) is 54.6 Å². The van der Waals surface area contributed by atoms with Crippen LogP contribution in [0.1, 0.15) is 40.2 Å². The van der Waals surface area contributed by atoms with Gasteiger partial charge in [0.2, 0.25) is 5.91 Å². The van der Waals surface area contributed by atoms with Crippen molar-refractivity contribution < 1.29 is 24.2 Å². The van der Waals surface area contributed by atoms with Crippen molar-refractivity contribution in [1.82, 2.24) is 15.1 Å². The van der Waals surface area contributed by atoms with Crippen molar-refractivity contribution in [3.63, 3.8) is 0 Å². The van der Waals surface area contributed by atoms with Gasteiger partial charge in [-0.05, 0) is 35.1 Å². The van der Waals surface area contributed by atoms with Gasteiger partial charge in [0.1, 0.15) is 18.2 Å². The minimum Gasteiger partial charge on any atom is -0.477 e. The van der Waals surface area contributed by atoms with Gasteiger partial charge in [-0.2, -0.15) is 5.10 Å². The number of carbonyl (C=O) groups is 3. The Morgan fingerprint density at radius 2 is 1.77 bits per heavy atom. The predicted octanol–water partition coefficient (Wildman–Crippen LogP) is 3.93. The molecule has 1 heterocycles. The van der Waals surface area contributed by atoms with Crippen molar-refractivity contribution in [3.05, 3.63) is 84.1 Å². The maximum Gasteiger partial charge on any atom is 0.407 e. The van der Waals surface area contributed by atoms with Gasteiger partial charge in [0.25, 0.3) is 0 Å². The first-order valence-corrected chi connectivity index (χ1v) is 11.2. The van der Waals surface area contributed by atoms with Crippen LogP contribution in [0, 0.1) is 0 Å². The molecule has 9 nitrogen and oxygen atoms in total. The van der Waals surface area contributed by atoms with Gasteiger partial charge in [0.05, 0.1) is 0 Å². The topological polar surface area (TPSA) is 123 Å². The monoisotopic (exact) mass is 474 g/mol. The lowest BCUT2D eigenvalue weighted by atomic mass is 9.98. The molecule has 1 aliphatic carbocycles. The van der Waals surface area contributed by atoms with E-state index in [1.807, 2.05) is 48.5 Å². The van der Waals surface area contributed by atoms with Gasteiger partial charge >= 0.3 is 12.1 Å². The number of carbonyl (C=O) groups excluding carboxylic acids is 2. The van der Waals surface area contributed by atoms with Crippen LogP contribution in [0.4, 0.5) is 10.6 Å². The van der Waals surface area contributed by atoms with E-state index in [2.05, 4.69) is 22.3 Å². The highest BCUT2D eigenvalue weighted by Gasteiger charge is 2.30. The van der Waals surface area contributed by atoms with Gasteiger partial charge < -0.3 is 20.5 Å². The van der Waals surface area contributed by atoms with Crippen LogP contribution >= 0.6 is 0 Å². The zero-order valence-electron chi connectivity index (χ0n) is 19.2. The zero-order chi connectivity index (χ0) is 24.9. The Hall–Kier alpha value is -4.40. The Labute approximate surface area is 202 Å². The standard InChI is InChI=1S/C26H26N4O5/c1-3-4-13-22(24(31)28-23-20(25(32)33)14-30(2)29-23)27-26(34)35-15-21-18-11-7-5-9-16(18)17-10-6-8-12-19(17)21/h3,5-12,14,21-22H,1,4,13,15H2,2H3,(H,27,34)(H,32,33)(H,28,29,31). The van der Waals surface area contributed by atoms with Crippen molar-refractivity contribution in [2.45, 2.75) is 24.8 Å². The molecule has 35 heavy (non-hydrogen) atoms. The maximum absolute atomic E-state index is 12.9. The average molecular weight is 475 g/mol. The smallest absolute Gasteiger partial charge is 0.407 e. The van der Waals surface area contributed by atoms with Gasteiger partial charge in [0.15, 0.2) is 5.82 Å². The number of hydrogen-bond donors (Lipinski definition) is 3. The summed E-state index contributed by atoms with van der Waals surface area (Å²) in [6.07, 6.45) is 2.89. The molecule has 0 fully saturated rings. The number of nitrogens with zero attached hydrogens (tertiary/aromatic N) is 2.